The highest BCUT2D eigenvalue weighted by Crippen LogP contribution is 2.45. The lowest BCUT2D eigenvalue weighted by Crippen LogP contribution is -2.40. The summed E-state index contributed by atoms with van der Waals surface area (Å²) in [6.07, 6.45) is 14.4. The highest BCUT2D eigenvalue weighted by atomic mass is 16.3. The standard InChI is InChI=1S/C37H39N3O5/c41-30-16-13-25(19-32(30)43)12-14-27-28-5-4-6-31(42)34(28)36(45)35(44)29(27)15-11-24-7-9-26(10-8-24)20-38-22-37(17-2-1-3-18-37)33-21-39-23-40-33/h4-10,12-14,16,19,21,23,38,41-45H,1-3,11,15,17-18,20,22H2,(H,39,40). The smallest absolute Gasteiger partial charge is 0.169 e. The second kappa shape index (κ2) is 13.0. The number of hydrogen-bond acceptors (Lipinski definition) is 7. The van der Waals surface area contributed by atoms with E-state index < -0.39 is 0 Å². The van der Waals surface area contributed by atoms with E-state index in [9.17, 15) is 25.5 Å². The maximum atomic E-state index is 11.1. The van der Waals surface area contributed by atoms with E-state index >= 15 is 0 Å². The molecule has 1 aliphatic carbocycles. The molecule has 232 valence electrons. The van der Waals surface area contributed by atoms with Crippen LogP contribution in [0.2, 0.25) is 0 Å². The van der Waals surface area contributed by atoms with Gasteiger partial charge in [0.25, 0.3) is 0 Å². The Labute approximate surface area is 262 Å². The molecule has 45 heavy (non-hydrogen) atoms. The third-order valence-corrected chi connectivity index (χ3v) is 9.21. The van der Waals surface area contributed by atoms with E-state index in [0.717, 1.165) is 31.5 Å². The molecule has 6 rings (SSSR count). The lowest BCUT2D eigenvalue weighted by molar-refractivity contribution is 0.273. The van der Waals surface area contributed by atoms with Crippen LogP contribution in [0.15, 0.2) is 73.2 Å². The van der Waals surface area contributed by atoms with Crippen LogP contribution in [0.1, 0.15) is 65.6 Å². The van der Waals surface area contributed by atoms with Gasteiger partial charge in [0.2, 0.25) is 0 Å². The number of nitrogens with zero attached hydrogens (tertiary/aromatic N) is 1. The summed E-state index contributed by atoms with van der Waals surface area (Å²) in [6.45, 7) is 1.66. The van der Waals surface area contributed by atoms with Crippen molar-refractivity contribution in [1.82, 2.24) is 15.3 Å². The molecule has 0 atom stereocenters. The van der Waals surface area contributed by atoms with Gasteiger partial charge in [-0.1, -0.05) is 73.9 Å². The van der Waals surface area contributed by atoms with E-state index in [1.165, 1.54) is 48.7 Å². The Balaban J connectivity index is 1.19. The fourth-order valence-corrected chi connectivity index (χ4v) is 6.69. The van der Waals surface area contributed by atoms with Crippen molar-refractivity contribution in [2.45, 2.75) is 56.9 Å². The van der Waals surface area contributed by atoms with Crippen LogP contribution >= 0.6 is 0 Å². The number of aromatic amines is 1. The number of benzene rings is 4. The van der Waals surface area contributed by atoms with E-state index in [0.29, 0.717) is 34.9 Å². The van der Waals surface area contributed by atoms with Gasteiger partial charge in [-0.15, -0.1) is 0 Å². The molecule has 0 bridgehead atoms. The summed E-state index contributed by atoms with van der Waals surface area (Å²) >= 11 is 0. The first-order valence-corrected chi connectivity index (χ1v) is 15.5. The zero-order valence-electron chi connectivity index (χ0n) is 25.1. The van der Waals surface area contributed by atoms with Crippen LogP contribution in [-0.2, 0) is 24.8 Å². The van der Waals surface area contributed by atoms with Crippen LogP contribution < -0.4 is 5.32 Å². The van der Waals surface area contributed by atoms with Gasteiger partial charge in [-0.3, -0.25) is 0 Å². The van der Waals surface area contributed by atoms with Crippen molar-refractivity contribution in [3.05, 3.63) is 107 Å². The Hall–Kier alpha value is -4.95. The number of phenolic OH excluding ortho intramolecular Hbond substituents is 5. The Morgan fingerprint density at radius 3 is 2.29 bits per heavy atom. The molecule has 1 aromatic heterocycles. The van der Waals surface area contributed by atoms with Crippen LogP contribution in [-0.4, -0.2) is 42.0 Å². The van der Waals surface area contributed by atoms with E-state index in [2.05, 4.69) is 39.6 Å². The average molecular weight is 606 g/mol. The summed E-state index contributed by atoms with van der Waals surface area (Å²) in [5.74, 6) is -1.21. The van der Waals surface area contributed by atoms with E-state index in [-0.39, 0.29) is 39.5 Å². The van der Waals surface area contributed by atoms with Gasteiger partial charge in [0.1, 0.15) is 5.75 Å². The minimum atomic E-state index is -0.357. The van der Waals surface area contributed by atoms with Crippen LogP contribution in [0, 0.1) is 0 Å². The van der Waals surface area contributed by atoms with Crippen molar-refractivity contribution in [2.75, 3.05) is 6.54 Å². The van der Waals surface area contributed by atoms with Crippen LogP contribution in [0.3, 0.4) is 0 Å². The minimum absolute atomic E-state index is 0.105. The van der Waals surface area contributed by atoms with Crippen molar-refractivity contribution in [2.24, 2.45) is 0 Å². The molecule has 8 heteroatoms. The van der Waals surface area contributed by atoms with Crippen molar-refractivity contribution < 1.29 is 25.5 Å². The number of aromatic nitrogens is 2. The summed E-state index contributed by atoms with van der Waals surface area (Å²) in [4.78, 5) is 7.63. The molecule has 0 unspecified atom stereocenters. The van der Waals surface area contributed by atoms with Crippen LogP contribution in [0.5, 0.6) is 28.7 Å². The zero-order valence-corrected chi connectivity index (χ0v) is 25.1. The molecular formula is C37H39N3O5. The Bertz CT molecular complexity index is 1810. The van der Waals surface area contributed by atoms with Crippen LogP contribution in [0.25, 0.3) is 22.9 Å². The van der Waals surface area contributed by atoms with Crippen LogP contribution in [0.4, 0.5) is 0 Å². The Morgan fingerprint density at radius 2 is 1.56 bits per heavy atom. The molecule has 0 saturated heterocycles. The van der Waals surface area contributed by atoms with Gasteiger partial charge in [-0.05, 0) is 71.5 Å². The second-order valence-electron chi connectivity index (χ2n) is 12.1. The number of fused-ring (bicyclic) bond motifs is 1. The third-order valence-electron chi connectivity index (χ3n) is 9.21. The van der Waals surface area contributed by atoms with Crippen molar-refractivity contribution in [3.8, 4) is 28.7 Å². The Morgan fingerprint density at radius 1 is 0.778 bits per heavy atom. The first-order chi connectivity index (χ1) is 21.8. The number of rotatable bonds is 10. The van der Waals surface area contributed by atoms with Crippen molar-refractivity contribution >= 4 is 22.9 Å². The SMILES string of the molecule is Oc1ccc(C=Cc2c(CCc3ccc(CNCC4(c5cnc[nH]5)CCCCC4)cc3)c(O)c(O)c3c(O)cccc23)cc1O. The molecule has 0 aliphatic heterocycles. The molecule has 8 nitrogen and oxygen atoms in total. The van der Waals surface area contributed by atoms with Crippen molar-refractivity contribution in [1.29, 1.82) is 0 Å². The fraction of sp³-hybridized carbons (Fsp3) is 0.270. The molecular weight excluding hydrogens is 566 g/mol. The summed E-state index contributed by atoms with van der Waals surface area (Å²) in [7, 11) is 0. The highest BCUT2D eigenvalue weighted by molar-refractivity contribution is 6.03. The fourth-order valence-electron chi connectivity index (χ4n) is 6.69. The normalized spacial score (nSPS) is 14.8. The molecule has 0 spiro atoms. The van der Waals surface area contributed by atoms with E-state index in [1.807, 2.05) is 6.20 Å². The van der Waals surface area contributed by atoms with Gasteiger partial charge >= 0.3 is 0 Å². The predicted molar refractivity (Wildman–Crippen MR) is 177 cm³/mol. The monoisotopic (exact) mass is 605 g/mol. The molecule has 7 N–H and O–H groups in total. The topological polar surface area (TPSA) is 142 Å². The molecule has 4 aromatic carbocycles. The van der Waals surface area contributed by atoms with E-state index in [1.54, 1.807) is 36.7 Å². The number of hydrogen-bond donors (Lipinski definition) is 7. The summed E-state index contributed by atoms with van der Waals surface area (Å²) < 4.78 is 0. The Kier molecular flexibility index (Phi) is 8.67. The minimum Gasteiger partial charge on any atom is -0.507 e. The molecule has 1 heterocycles. The number of nitrogens with one attached hydrogen (secondary N) is 2. The molecule has 1 fully saturated rings. The third kappa shape index (κ3) is 6.33. The first-order valence-electron chi connectivity index (χ1n) is 15.5. The molecule has 0 amide bonds. The lowest BCUT2D eigenvalue weighted by Gasteiger charge is -2.36. The van der Waals surface area contributed by atoms with Gasteiger partial charge < -0.3 is 35.8 Å². The number of phenols is 5. The van der Waals surface area contributed by atoms with E-state index in [4.69, 9.17) is 0 Å². The highest BCUT2D eigenvalue weighted by Gasteiger charge is 2.34. The van der Waals surface area contributed by atoms with Gasteiger partial charge in [0, 0.05) is 36.0 Å². The summed E-state index contributed by atoms with van der Waals surface area (Å²) in [5, 5.41) is 56.6. The van der Waals surface area contributed by atoms with Gasteiger partial charge in [-0.2, -0.15) is 0 Å². The largest absolute Gasteiger partial charge is 0.507 e. The first kappa shape index (κ1) is 30.1. The summed E-state index contributed by atoms with van der Waals surface area (Å²) in [5.41, 5.74) is 5.45. The zero-order chi connectivity index (χ0) is 31.4. The number of aryl methyl sites for hydroxylation is 1. The van der Waals surface area contributed by atoms with Crippen molar-refractivity contribution in [3.63, 3.8) is 0 Å². The predicted octanol–water partition coefficient (Wildman–Crippen LogP) is 7.04. The molecule has 0 radical (unpaired) electrons. The number of H-pyrrole nitrogens is 1. The van der Waals surface area contributed by atoms with Gasteiger partial charge in [0.05, 0.1) is 11.7 Å². The quantitative estimate of drug-likeness (QED) is 0.0669. The molecule has 1 aliphatic rings. The molecule has 1 saturated carbocycles. The second-order valence-corrected chi connectivity index (χ2v) is 12.1. The number of aromatic hydroxyl groups is 5. The lowest BCUT2D eigenvalue weighted by atomic mass is 9.72. The van der Waals surface area contributed by atoms with Gasteiger partial charge in [-0.25, -0.2) is 4.98 Å². The average Bonchev–Trinajstić information content (AvgIpc) is 3.60. The maximum Gasteiger partial charge on any atom is 0.169 e. The summed E-state index contributed by atoms with van der Waals surface area (Å²) in [6, 6.07) is 17.9. The maximum absolute atomic E-state index is 11.1. The van der Waals surface area contributed by atoms with Gasteiger partial charge in [0.15, 0.2) is 23.0 Å². The molecule has 5 aromatic rings. The number of imidazole rings is 1.